The standard InChI is InChI=1S/C10H13BrN2O/c1-2-9(12)10(14)13-8-5-3-4-7(11)6-8/h3-6,9H,2,12H2,1H3,(H,13,14). The molecule has 0 saturated carbocycles. The van der Waals surface area contributed by atoms with Crippen molar-refractivity contribution in [1.82, 2.24) is 0 Å². The Kier molecular flexibility index (Phi) is 4.10. The van der Waals surface area contributed by atoms with E-state index in [4.69, 9.17) is 5.73 Å². The van der Waals surface area contributed by atoms with Crippen LogP contribution in [0.15, 0.2) is 28.7 Å². The van der Waals surface area contributed by atoms with Crippen molar-refractivity contribution in [3.63, 3.8) is 0 Å². The third kappa shape index (κ3) is 3.12. The minimum atomic E-state index is -0.436. The van der Waals surface area contributed by atoms with Crippen LogP contribution in [0.5, 0.6) is 0 Å². The van der Waals surface area contributed by atoms with Crippen LogP contribution in [0, 0.1) is 0 Å². The molecule has 0 radical (unpaired) electrons. The Labute approximate surface area is 91.8 Å². The number of hydrogen-bond acceptors (Lipinski definition) is 2. The number of carbonyl (C=O) groups excluding carboxylic acids is 1. The molecule has 0 aliphatic carbocycles. The lowest BCUT2D eigenvalue weighted by Gasteiger charge is -2.09. The zero-order valence-corrected chi connectivity index (χ0v) is 9.54. The largest absolute Gasteiger partial charge is 0.325 e. The maximum atomic E-state index is 11.4. The van der Waals surface area contributed by atoms with Crippen molar-refractivity contribution in [1.29, 1.82) is 0 Å². The van der Waals surface area contributed by atoms with E-state index in [0.717, 1.165) is 10.2 Å². The SMILES string of the molecule is CCC(N)C(=O)Nc1cccc(Br)c1. The van der Waals surface area contributed by atoms with E-state index in [0.29, 0.717) is 6.42 Å². The zero-order valence-electron chi connectivity index (χ0n) is 7.96. The molecule has 1 aromatic rings. The van der Waals surface area contributed by atoms with Gasteiger partial charge < -0.3 is 11.1 Å². The highest BCUT2D eigenvalue weighted by Crippen LogP contribution is 2.15. The molecule has 3 N–H and O–H groups in total. The van der Waals surface area contributed by atoms with Crippen LogP contribution in [0.4, 0.5) is 5.69 Å². The summed E-state index contributed by atoms with van der Waals surface area (Å²) in [6.45, 7) is 1.88. The Bertz CT molecular complexity index is 328. The number of nitrogens with two attached hydrogens (primary N) is 1. The van der Waals surface area contributed by atoms with Crippen molar-refractivity contribution in [2.24, 2.45) is 5.73 Å². The summed E-state index contributed by atoms with van der Waals surface area (Å²) in [5.74, 6) is -0.148. The topological polar surface area (TPSA) is 55.1 Å². The second kappa shape index (κ2) is 5.12. The van der Waals surface area contributed by atoms with Crippen molar-refractivity contribution in [2.45, 2.75) is 19.4 Å². The first-order valence-corrected chi connectivity index (χ1v) is 5.24. The van der Waals surface area contributed by atoms with Gasteiger partial charge in [-0.1, -0.05) is 28.9 Å². The highest BCUT2D eigenvalue weighted by atomic mass is 79.9. The molecular weight excluding hydrogens is 244 g/mol. The van der Waals surface area contributed by atoms with Crippen LogP contribution >= 0.6 is 15.9 Å². The van der Waals surface area contributed by atoms with E-state index in [1.807, 2.05) is 31.2 Å². The summed E-state index contributed by atoms with van der Waals surface area (Å²) >= 11 is 3.32. The Morgan fingerprint density at radius 3 is 2.93 bits per heavy atom. The molecule has 14 heavy (non-hydrogen) atoms. The molecule has 1 amide bonds. The van der Waals surface area contributed by atoms with Gasteiger partial charge in [0.05, 0.1) is 6.04 Å². The predicted octanol–water partition coefficient (Wildman–Crippen LogP) is 2.12. The fourth-order valence-corrected chi connectivity index (χ4v) is 1.39. The van der Waals surface area contributed by atoms with Gasteiger partial charge in [0.15, 0.2) is 0 Å². The zero-order chi connectivity index (χ0) is 10.6. The summed E-state index contributed by atoms with van der Waals surface area (Å²) < 4.78 is 0.931. The lowest BCUT2D eigenvalue weighted by Crippen LogP contribution is -2.34. The molecule has 1 unspecified atom stereocenters. The third-order valence-electron chi connectivity index (χ3n) is 1.87. The minimum absolute atomic E-state index is 0.148. The molecule has 0 heterocycles. The van der Waals surface area contributed by atoms with Gasteiger partial charge >= 0.3 is 0 Å². The van der Waals surface area contributed by atoms with Crippen LogP contribution in [-0.4, -0.2) is 11.9 Å². The van der Waals surface area contributed by atoms with Gasteiger partial charge in [-0.15, -0.1) is 0 Å². The molecule has 0 bridgehead atoms. The van der Waals surface area contributed by atoms with Gasteiger partial charge in [0.1, 0.15) is 0 Å². The predicted molar refractivity (Wildman–Crippen MR) is 61.0 cm³/mol. The van der Waals surface area contributed by atoms with Gasteiger partial charge in [-0.25, -0.2) is 0 Å². The molecule has 3 nitrogen and oxygen atoms in total. The van der Waals surface area contributed by atoms with Crippen LogP contribution in [0.2, 0.25) is 0 Å². The number of rotatable bonds is 3. The Morgan fingerprint density at radius 2 is 2.36 bits per heavy atom. The number of anilines is 1. The van der Waals surface area contributed by atoms with Crippen LogP contribution < -0.4 is 11.1 Å². The van der Waals surface area contributed by atoms with Gasteiger partial charge in [0.25, 0.3) is 0 Å². The number of carbonyl (C=O) groups is 1. The minimum Gasteiger partial charge on any atom is -0.325 e. The Morgan fingerprint density at radius 1 is 1.64 bits per heavy atom. The van der Waals surface area contributed by atoms with E-state index < -0.39 is 6.04 Å². The molecule has 0 saturated heterocycles. The van der Waals surface area contributed by atoms with Crippen LogP contribution in [0.3, 0.4) is 0 Å². The summed E-state index contributed by atoms with van der Waals surface area (Å²) in [4.78, 5) is 11.4. The lowest BCUT2D eigenvalue weighted by molar-refractivity contribution is -0.117. The molecule has 1 atom stereocenters. The van der Waals surface area contributed by atoms with E-state index in [-0.39, 0.29) is 5.91 Å². The third-order valence-corrected chi connectivity index (χ3v) is 2.36. The fraction of sp³-hybridized carbons (Fsp3) is 0.300. The van der Waals surface area contributed by atoms with Gasteiger partial charge in [-0.2, -0.15) is 0 Å². The average Bonchev–Trinajstić information content (AvgIpc) is 2.16. The number of amides is 1. The molecule has 0 aliphatic rings. The van der Waals surface area contributed by atoms with Crippen LogP contribution in [0.25, 0.3) is 0 Å². The van der Waals surface area contributed by atoms with Crippen LogP contribution in [0.1, 0.15) is 13.3 Å². The van der Waals surface area contributed by atoms with Crippen molar-refractivity contribution in [2.75, 3.05) is 5.32 Å². The normalized spacial score (nSPS) is 12.2. The first-order valence-electron chi connectivity index (χ1n) is 4.45. The highest BCUT2D eigenvalue weighted by molar-refractivity contribution is 9.10. The summed E-state index contributed by atoms with van der Waals surface area (Å²) in [6.07, 6.45) is 0.639. The number of halogens is 1. The summed E-state index contributed by atoms with van der Waals surface area (Å²) in [5.41, 5.74) is 6.34. The van der Waals surface area contributed by atoms with Gasteiger partial charge in [0.2, 0.25) is 5.91 Å². The summed E-state index contributed by atoms with van der Waals surface area (Å²) in [5, 5.41) is 2.74. The molecule has 0 spiro atoms. The van der Waals surface area contributed by atoms with E-state index in [1.54, 1.807) is 0 Å². The smallest absolute Gasteiger partial charge is 0.241 e. The van der Waals surface area contributed by atoms with Gasteiger partial charge in [-0.05, 0) is 24.6 Å². The monoisotopic (exact) mass is 256 g/mol. The molecule has 76 valence electrons. The maximum Gasteiger partial charge on any atom is 0.241 e. The first kappa shape index (κ1) is 11.2. The van der Waals surface area contributed by atoms with Gasteiger partial charge in [0, 0.05) is 10.2 Å². The number of nitrogens with one attached hydrogen (secondary N) is 1. The highest BCUT2D eigenvalue weighted by Gasteiger charge is 2.10. The van der Waals surface area contributed by atoms with E-state index in [9.17, 15) is 4.79 Å². The molecule has 1 aromatic carbocycles. The average molecular weight is 257 g/mol. The quantitative estimate of drug-likeness (QED) is 0.871. The number of hydrogen-bond donors (Lipinski definition) is 2. The first-order chi connectivity index (χ1) is 6.63. The van der Waals surface area contributed by atoms with Crippen LogP contribution in [-0.2, 0) is 4.79 Å². The lowest BCUT2D eigenvalue weighted by atomic mass is 10.2. The maximum absolute atomic E-state index is 11.4. The van der Waals surface area contributed by atoms with Crippen molar-refractivity contribution >= 4 is 27.5 Å². The van der Waals surface area contributed by atoms with E-state index in [1.165, 1.54) is 0 Å². The molecule has 0 aliphatic heterocycles. The second-order valence-electron chi connectivity index (χ2n) is 3.01. The molecule has 0 aromatic heterocycles. The molecule has 1 rings (SSSR count). The Hall–Kier alpha value is -0.870. The Balaban J connectivity index is 2.65. The van der Waals surface area contributed by atoms with Crippen molar-refractivity contribution < 1.29 is 4.79 Å². The van der Waals surface area contributed by atoms with Crippen molar-refractivity contribution in [3.8, 4) is 0 Å². The van der Waals surface area contributed by atoms with E-state index >= 15 is 0 Å². The molecule has 4 heteroatoms. The second-order valence-corrected chi connectivity index (χ2v) is 3.93. The molecular formula is C10H13BrN2O. The fourth-order valence-electron chi connectivity index (χ4n) is 0.987. The van der Waals surface area contributed by atoms with E-state index in [2.05, 4.69) is 21.2 Å². The summed E-state index contributed by atoms with van der Waals surface area (Å²) in [6, 6.07) is 6.98. The van der Waals surface area contributed by atoms with Gasteiger partial charge in [-0.3, -0.25) is 4.79 Å². The van der Waals surface area contributed by atoms with Crippen molar-refractivity contribution in [3.05, 3.63) is 28.7 Å². The summed E-state index contributed by atoms with van der Waals surface area (Å²) in [7, 11) is 0. The molecule has 0 fully saturated rings. The number of benzene rings is 1.